The second-order valence-corrected chi connectivity index (χ2v) is 18.7. The van der Waals surface area contributed by atoms with E-state index < -0.39 is 83.8 Å². The van der Waals surface area contributed by atoms with Crippen LogP contribution in [0.25, 0.3) is 11.2 Å². The van der Waals surface area contributed by atoms with Gasteiger partial charge in [0.2, 0.25) is 0 Å². The number of ether oxygens (including phenoxy) is 3. The molecule has 9 atom stereocenters. The first kappa shape index (κ1) is 44.7. The van der Waals surface area contributed by atoms with E-state index in [1.165, 1.54) is 39.1 Å². The second kappa shape index (κ2) is 19.4. The Morgan fingerprint density at radius 3 is 2.56 bits per heavy atom. The van der Waals surface area contributed by atoms with Gasteiger partial charge in [0.15, 0.2) is 23.8 Å². The van der Waals surface area contributed by atoms with Crippen LogP contribution in [0.5, 0.6) is 0 Å². The molecule has 4 rings (SSSR count). The third kappa shape index (κ3) is 12.5. The first-order valence-corrected chi connectivity index (χ1v) is 21.6. The summed E-state index contributed by atoms with van der Waals surface area (Å²) < 4.78 is 59.2. The van der Waals surface area contributed by atoms with E-state index in [1.54, 1.807) is 23.9 Å². The second-order valence-electron chi connectivity index (χ2n) is 12.9. The van der Waals surface area contributed by atoms with Gasteiger partial charge in [-0.3, -0.25) is 27.8 Å². The van der Waals surface area contributed by atoms with Gasteiger partial charge in [0.25, 0.3) is 0 Å². The number of nitrogens with one attached hydrogen (secondary N) is 1. The molecule has 23 nitrogen and oxygen atoms in total. The van der Waals surface area contributed by atoms with Gasteiger partial charge >= 0.3 is 21.6 Å². The standard InChI is InChI=1S/C27H47N9O14P2S2/c1-27(2,3)54-53-11-15(31-4)26(38)49-22-18(48-25(21(22)37)36-13-34-20-23(29)32-12-33-24(20)36)10-46-52(42,43)50-16-8-19(35(14-44-30)7-5-6-28)47-17(16)9-45-51(39,40)41/h5,7,12-13,15-19,21-22,25,31,37H,6,8-11,14,28,30H2,1-4H3,(H,42,43)(H2,29,32,33)(H2,39,40,41)/b7-5-/t15-,16-,17+,18+,19+,21+,22+,25?/m0/s1. The monoisotopic (exact) mass is 847 g/mol. The summed E-state index contributed by atoms with van der Waals surface area (Å²) in [4.78, 5) is 61.2. The lowest BCUT2D eigenvalue weighted by atomic mass is 10.1. The fourth-order valence-corrected chi connectivity index (χ4v) is 9.10. The average Bonchev–Trinajstić information content (AvgIpc) is 3.78. The molecule has 306 valence electrons. The molecule has 2 fully saturated rings. The zero-order valence-corrected chi connectivity index (χ0v) is 33.1. The Kier molecular flexibility index (Phi) is 16.1. The van der Waals surface area contributed by atoms with Gasteiger partial charge in [0, 0.05) is 29.7 Å². The van der Waals surface area contributed by atoms with Crippen LogP contribution in [-0.4, -0.2) is 137 Å². The number of aliphatic hydroxyl groups is 1. The van der Waals surface area contributed by atoms with Crippen LogP contribution in [0.2, 0.25) is 0 Å². The predicted molar refractivity (Wildman–Crippen MR) is 194 cm³/mol. The molecule has 2 saturated heterocycles. The van der Waals surface area contributed by atoms with Crippen molar-refractivity contribution >= 4 is 60.2 Å². The average molecular weight is 848 g/mol. The minimum atomic E-state index is -5.07. The van der Waals surface area contributed by atoms with E-state index in [0.717, 1.165) is 0 Å². The molecule has 2 aromatic heterocycles. The summed E-state index contributed by atoms with van der Waals surface area (Å²) in [5, 5.41) is 14.4. The van der Waals surface area contributed by atoms with Crippen molar-refractivity contribution in [1.29, 1.82) is 0 Å². The van der Waals surface area contributed by atoms with Crippen LogP contribution in [0.4, 0.5) is 5.82 Å². The fraction of sp³-hybridized carbons (Fsp3) is 0.704. The van der Waals surface area contributed by atoms with Gasteiger partial charge in [-0.1, -0.05) is 48.4 Å². The number of carbonyl (C=O) groups excluding carboxylic acids is 1. The highest BCUT2D eigenvalue weighted by Crippen LogP contribution is 2.49. The summed E-state index contributed by atoms with van der Waals surface area (Å²) in [5.41, 5.74) is 11.9. The van der Waals surface area contributed by atoms with E-state index in [-0.39, 0.29) is 41.4 Å². The van der Waals surface area contributed by atoms with E-state index in [4.69, 9.17) is 45.5 Å². The molecule has 4 heterocycles. The van der Waals surface area contributed by atoms with Crippen molar-refractivity contribution in [1.82, 2.24) is 29.7 Å². The number of nitrogen functional groups attached to an aromatic ring is 1. The van der Waals surface area contributed by atoms with Gasteiger partial charge in [-0.15, -0.1) is 0 Å². The minimum absolute atomic E-state index is 0.0617. The van der Waals surface area contributed by atoms with Crippen LogP contribution in [0, 0.1) is 0 Å². The SMILES string of the molecule is CN[C@@H](CSSC(C)(C)C)C(=O)O[C@@H]1[C@@H](COP(=O)(O)O[C@H]2C[C@H](N(/C=C\CN)CON)O[C@@H]2COP(=O)(O)O)OC(n2cnc3c(N)ncnc32)[C@@H]1O. The smallest absolute Gasteiger partial charge is 0.455 e. The minimum Gasteiger partial charge on any atom is -0.455 e. The van der Waals surface area contributed by atoms with Crippen LogP contribution in [0.1, 0.15) is 33.4 Å². The van der Waals surface area contributed by atoms with Crippen LogP contribution < -0.4 is 22.7 Å². The summed E-state index contributed by atoms with van der Waals surface area (Å²) in [6.45, 7) is 4.49. The van der Waals surface area contributed by atoms with Crippen LogP contribution >= 0.6 is 37.2 Å². The number of fused-ring (bicyclic) bond motifs is 1. The highest BCUT2D eigenvalue weighted by molar-refractivity contribution is 8.77. The maximum absolute atomic E-state index is 13.4. The highest BCUT2D eigenvalue weighted by Gasteiger charge is 2.50. The third-order valence-electron chi connectivity index (χ3n) is 7.68. The molecule has 54 heavy (non-hydrogen) atoms. The van der Waals surface area contributed by atoms with Crippen molar-refractivity contribution in [2.24, 2.45) is 11.6 Å². The van der Waals surface area contributed by atoms with Crippen molar-refractivity contribution in [3.8, 4) is 0 Å². The number of carbonyl (C=O) groups is 1. The molecule has 2 aromatic rings. The predicted octanol–water partition coefficient (Wildman–Crippen LogP) is -0.305. The molecular weight excluding hydrogens is 800 g/mol. The fourth-order valence-electron chi connectivity index (χ4n) is 5.26. The van der Waals surface area contributed by atoms with Crippen LogP contribution in [0.15, 0.2) is 24.9 Å². The maximum Gasteiger partial charge on any atom is 0.472 e. The molecule has 0 saturated carbocycles. The summed E-state index contributed by atoms with van der Waals surface area (Å²) in [6.07, 6.45) is -3.87. The Labute approximate surface area is 318 Å². The van der Waals surface area contributed by atoms with Crippen LogP contribution in [-0.2, 0) is 46.5 Å². The number of anilines is 1. The number of likely N-dealkylation sites (N-methyl/N-ethyl adjacent to an activating group) is 1. The molecule has 2 aliphatic rings. The van der Waals surface area contributed by atoms with E-state index in [2.05, 4.69) is 24.8 Å². The topological polar surface area (TPSA) is 334 Å². The van der Waals surface area contributed by atoms with E-state index >= 15 is 0 Å². The van der Waals surface area contributed by atoms with E-state index in [1.807, 2.05) is 20.8 Å². The first-order chi connectivity index (χ1) is 25.4. The van der Waals surface area contributed by atoms with Crippen molar-refractivity contribution in [2.45, 2.75) is 81.0 Å². The number of phosphoric acid groups is 2. The van der Waals surface area contributed by atoms with Gasteiger partial charge in [-0.25, -0.2) is 30.0 Å². The lowest BCUT2D eigenvalue weighted by Crippen LogP contribution is -2.45. The molecule has 27 heteroatoms. The number of esters is 1. The molecule has 11 N–H and O–H groups in total. The van der Waals surface area contributed by atoms with Crippen molar-refractivity contribution in [2.75, 3.05) is 45.0 Å². The van der Waals surface area contributed by atoms with Gasteiger partial charge in [-0.2, -0.15) is 0 Å². The molecule has 0 spiro atoms. The summed E-state index contributed by atoms with van der Waals surface area (Å²) in [7, 11) is -5.47. The number of phosphoric ester groups is 2. The molecule has 0 aromatic carbocycles. The number of imidazole rings is 1. The summed E-state index contributed by atoms with van der Waals surface area (Å²) in [6, 6.07) is -0.807. The quantitative estimate of drug-likeness (QED) is 0.0279. The van der Waals surface area contributed by atoms with Crippen LogP contribution in [0.3, 0.4) is 0 Å². The third-order valence-corrected chi connectivity index (χ3v) is 12.5. The molecule has 2 aliphatic heterocycles. The number of hydrogen-bond acceptors (Lipinski definition) is 21. The normalized spacial score (nSPS) is 26.7. The maximum atomic E-state index is 13.4. The molecule has 0 amide bonds. The number of aliphatic hydroxyl groups excluding tert-OH is 1. The first-order valence-electron chi connectivity index (χ1n) is 16.3. The Hall–Kier alpha value is -2.00. The zero-order valence-electron chi connectivity index (χ0n) is 29.7. The van der Waals surface area contributed by atoms with E-state index in [9.17, 15) is 33.7 Å². The Morgan fingerprint density at radius 2 is 1.91 bits per heavy atom. The number of nitrogens with two attached hydrogens (primary N) is 3. The lowest BCUT2D eigenvalue weighted by Gasteiger charge is -2.25. The van der Waals surface area contributed by atoms with Gasteiger partial charge in [-0.05, 0) is 7.05 Å². The van der Waals surface area contributed by atoms with Gasteiger partial charge < -0.3 is 55.7 Å². The molecular formula is C27H47N9O14P2S2. The molecule has 0 bridgehead atoms. The molecule has 0 radical (unpaired) electrons. The Balaban J connectivity index is 1.53. The summed E-state index contributed by atoms with van der Waals surface area (Å²) in [5.74, 6) is 4.87. The van der Waals surface area contributed by atoms with Crippen molar-refractivity contribution in [3.63, 3.8) is 0 Å². The zero-order chi connectivity index (χ0) is 39.8. The molecule has 2 unspecified atom stereocenters. The number of hydrogen-bond donors (Lipinski definition) is 8. The lowest BCUT2D eigenvalue weighted by molar-refractivity contribution is -0.158. The Morgan fingerprint density at radius 1 is 1.19 bits per heavy atom. The highest BCUT2D eigenvalue weighted by atomic mass is 33.1. The van der Waals surface area contributed by atoms with Crippen molar-refractivity contribution in [3.05, 3.63) is 24.9 Å². The summed E-state index contributed by atoms with van der Waals surface area (Å²) >= 11 is 0. The van der Waals surface area contributed by atoms with Crippen molar-refractivity contribution < 1.29 is 66.3 Å². The van der Waals surface area contributed by atoms with E-state index in [0.29, 0.717) is 5.75 Å². The number of rotatable bonds is 20. The van der Waals surface area contributed by atoms with Gasteiger partial charge in [0.05, 0.1) is 19.5 Å². The Bertz CT molecular complexity index is 1670. The number of aromatic nitrogens is 4. The number of nitrogens with zero attached hydrogens (tertiary/aromatic N) is 5. The molecule has 0 aliphatic carbocycles. The largest absolute Gasteiger partial charge is 0.472 e. The van der Waals surface area contributed by atoms with Gasteiger partial charge in [0.1, 0.15) is 55.3 Å².